The Morgan fingerprint density at radius 1 is 1.15 bits per heavy atom. The van der Waals surface area contributed by atoms with Crippen LogP contribution in [-0.4, -0.2) is 39.7 Å². The van der Waals surface area contributed by atoms with Crippen molar-refractivity contribution < 1.29 is 23.8 Å². The molecular formula is C25H26ClN3O5. The largest absolute Gasteiger partial charge is 0.481 e. The third-order valence-electron chi connectivity index (χ3n) is 6.60. The number of aromatic nitrogens is 1. The minimum atomic E-state index is -0.760. The molecule has 0 spiro atoms. The number of carboxylic acids is 1. The molecule has 0 atom stereocenters. The van der Waals surface area contributed by atoms with Gasteiger partial charge in [0.25, 0.3) is 6.01 Å². The van der Waals surface area contributed by atoms with Gasteiger partial charge in [0.05, 0.1) is 0 Å². The summed E-state index contributed by atoms with van der Waals surface area (Å²) in [7, 11) is 0. The maximum Gasteiger partial charge on any atom is 0.410 e. The molecule has 1 saturated carbocycles. The predicted octanol–water partition coefficient (Wildman–Crippen LogP) is 5.75. The van der Waals surface area contributed by atoms with Gasteiger partial charge in [-0.3, -0.25) is 4.79 Å². The second-order valence-electron chi connectivity index (χ2n) is 9.04. The van der Waals surface area contributed by atoms with Crippen molar-refractivity contribution in [2.45, 2.75) is 51.2 Å². The minimum Gasteiger partial charge on any atom is -0.481 e. The maximum absolute atomic E-state index is 12.7. The number of nitrogens with zero attached hydrogens (tertiary/aromatic N) is 2. The van der Waals surface area contributed by atoms with Crippen LogP contribution in [0.15, 0.2) is 40.8 Å². The molecule has 5 rings (SSSR count). The van der Waals surface area contributed by atoms with Gasteiger partial charge in [0, 0.05) is 36.3 Å². The first-order chi connectivity index (χ1) is 16.4. The van der Waals surface area contributed by atoms with Crippen LogP contribution in [0.2, 0.25) is 5.02 Å². The van der Waals surface area contributed by atoms with Gasteiger partial charge in [-0.15, -0.1) is 0 Å². The SMILES string of the molecule is O=C(O)C[C@H]1CC[C@H](OC(=O)N2CCc3cc(Nc4nc5ccc(Cl)cc5o4)ccc3C2)CC1. The lowest BCUT2D eigenvalue weighted by atomic mass is 9.85. The van der Waals surface area contributed by atoms with E-state index >= 15 is 0 Å². The summed E-state index contributed by atoms with van der Waals surface area (Å²) in [6.07, 6.45) is 3.54. The molecule has 1 aliphatic heterocycles. The zero-order valence-corrected chi connectivity index (χ0v) is 19.4. The molecule has 34 heavy (non-hydrogen) atoms. The Kier molecular flexibility index (Phi) is 6.32. The summed E-state index contributed by atoms with van der Waals surface area (Å²) >= 11 is 6.01. The monoisotopic (exact) mass is 483 g/mol. The number of fused-ring (bicyclic) bond motifs is 2. The van der Waals surface area contributed by atoms with Crippen LogP contribution >= 0.6 is 11.6 Å². The Morgan fingerprint density at radius 2 is 1.97 bits per heavy atom. The predicted molar refractivity (Wildman–Crippen MR) is 127 cm³/mol. The second-order valence-corrected chi connectivity index (χ2v) is 9.47. The first kappa shape index (κ1) is 22.5. The quantitative estimate of drug-likeness (QED) is 0.475. The number of ether oxygens (including phenoxy) is 1. The summed E-state index contributed by atoms with van der Waals surface area (Å²) in [5.41, 5.74) is 4.48. The summed E-state index contributed by atoms with van der Waals surface area (Å²) < 4.78 is 11.5. The molecule has 0 unspecified atom stereocenters. The molecule has 0 saturated heterocycles. The summed E-state index contributed by atoms with van der Waals surface area (Å²) in [5, 5.41) is 12.7. The highest BCUT2D eigenvalue weighted by Gasteiger charge is 2.28. The zero-order chi connectivity index (χ0) is 23.7. The lowest BCUT2D eigenvalue weighted by molar-refractivity contribution is -0.138. The van der Waals surface area contributed by atoms with Crippen LogP contribution in [0, 0.1) is 5.92 Å². The molecule has 2 aromatic carbocycles. The van der Waals surface area contributed by atoms with Crippen LogP contribution in [0.1, 0.15) is 43.2 Å². The Morgan fingerprint density at radius 3 is 2.76 bits per heavy atom. The van der Waals surface area contributed by atoms with Gasteiger partial charge in [0.15, 0.2) is 5.58 Å². The number of hydrogen-bond acceptors (Lipinski definition) is 6. The van der Waals surface area contributed by atoms with E-state index in [1.165, 1.54) is 5.56 Å². The molecule has 1 aromatic heterocycles. The van der Waals surface area contributed by atoms with Gasteiger partial charge in [-0.05, 0) is 73.4 Å². The number of nitrogens with one attached hydrogen (secondary N) is 1. The normalized spacial score (nSPS) is 20.1. The van der Waals surface area contributed by atoms with Gasteiger partial charge in [-0.25, -0.2) is 4.79 Å². The summed E-state index contributed by atoms with van der Waals surface area (Å²) in [6, 6.07) is 11.7. The van der Waals surface area contributed by atoms with Crippen LogP contribution in [0.3, 0.4) is 0 Å². The fourth-order valence-corrected chi connectivity index (χ4v) is 4.94. The molecule has 0 radical (unpaired) electrons. The molecule has 2 N–H and O–H groups in total. The number of hydrogen-bond donors (Lipinski definition) is 2. The van der Waals surface area contributed by atoms with Crippen molar-refractivity contribution in [2.75, 3.05) is 11.9 Å². The van der Waals surface area contributed by atoms with Gasteiger partial charge in [-0.2, -0.15) is 4.98 Å². The van der Waals surface area contributed by atoms with E-state index < -0.39 is 5.97 Å². The van der Waals surface area contributed by atoms with Crippen LogP contribution in [0.4, 0.5) is 16.5 Å². The Bertz CT molecular complexity index is 1220. The number of benzene rings is 2. The molecule has 1 aliphatic carbocycles. The fraction of sp³-hybridized carbons (Fsp3) is 0.400. The highest BCUT2D eigenvalue weighted by atomic mass is 35.5. The Labute approximate surface area is 201 Å². The summed E-state index contributed by atoms with van der Waals surface area (Å²) in [4.78, 5) is 29.8. The van der Waals surface area contributed by atoms with Gasteiger partial charge < -0.3 is 24.5 Å². The van der Waals surface area contributed by atoms with Gasteiger partial charge >= 0.3 is 12.1 Å². The van der Waals surface area contributed by atoms with E-state index in [1.807, 2.05) is 18.2 Å². The van der Waals surface area contributed by atoms with Crippen LogP contribution in [0.5, 0.6) is 0 Å². The van der Waals surface area contributed by atoms with Crippen molar-refractivity contribution in [3.05, 3.63) is 52.5 Å². The molecule has 2 heterocycles. The molecule has 178 valence electrons. The number of carbonyl (C=O) groups excluding carboxylic acids is 1. The zero-order valence-electron chi connectivity index (χ0n) is 18.6. The molecule has 3 aromatic rings. The van der Waals surface area contributed by atoms with Crippen molar-refractivity contribution in [3.8, 4) is 0 Å². The summed E-state index contributed by atoms with van der Waals surface area (Å²) in [5.74, 6) is -0.575. The number of carbonyl (C=O) groups is 2. The second kappa shape index (κ2) is 9.54. The van der Waals surface area contributed by atoms with Crippen molar-refractivity contribution >= 4 is 46.5 Å². The number of oxazole rings is 1. The maximum atomic E-state index is 12.7. The lowest BCUT2D eigenvalue weighted by Gasteiger charge is -2.32. The van der Waals surface area contributed by atoms with E-state index in [2.05, 4.69) is 16.4 Å². The minimum absolute atomic E-state index is 0.128. The first-order valence-electron chi connectivity index (χ1n) is 11.6. The van der Waals surface area contributed by atoms with Crippen molar-refractivity contribution in [1.29, 1.82) is 0 Å². The smallest absolute Gasteiger partial charge is 0.410 e. The Balaban J connectivity index is 1.17. The first-order valence-corrected chi connectivity index (χ1v) is 11.9. The standard InChI is InChI=1S/C25H26ClN3O5/c26-18-4-8-21-22(13-18)34-24(28-21)27-19-5-3-17-14-29(10-9-16(17)12-19)25(32)33-20-6-1-15(2-7-20)11-23(30)31/h3-5,8,12-13,15,20H,1-2,6-7,9-11,14H2,(H,27,28)(H,30,31)/t15-,20-. The molecule has 8 nitrogen and oxygen atoms in total. The molecule has 2 aliphatic rings. The number of rotatable bonds is 5. The van der Waals surface area contributed by atoms with E-state index in [1.54, 1.807) is 17.0 Å². The fourth-order valence-electron chi connectivity index (χ4n) is 4.78. The third kappa shape index (κ3) is 5.12. The molecule has 1 amide bonds. The van der Waals surface area contributed by atoms with E-state index in [9.17, 15) is 9.59 Å². The number of halogens is 1. The van der Waals surface area contributed by atoms with Crippen molar-refractivity contribution in [3.63, 3.8) is 0 Å². The van der Waals surface area contributed by atoms with Gasteiger partial charge in [-0.1, -0.05) is 17.7 Å². The van der Waals surface area contributed by atoms with E-state index in [4.69, 9.17) is 25.9 Å². The van der Waals surface area contributed by atoms with Gasteiger partial charge in [0.2, 0.25) is 0 Å². The Hall–Kier alpha value is -3.26. The van der Waals surface area contributed by atoms with Crippen LogP contribution in [0.25, 0.3) is 11.1 Å². The van der Waals surface area contributed by atoms with Crippen molar-refractivity contribution in [2.24, 2.45) is 5.92 Å². The lowest BCUT2D eigenvalue weighted by Crippen LogP contribution is -2.39. The molecule has 9 heteroatoms. The van der Waals surface area contributed by atoms with E-state index in [-0.39, 0.29) is 24.5 Å². The molecule has 0 bridgehead atoms. The average Bonchev–Trinajstić information content (AvgIpc) is 3.21. The highest BCUT2D eigenvalue weighted by Crippen LogP contribution is 2.30. The average molecular weight is 484 g/mol. The van der Waals surface area contributed by atoms with E-state index in [0.29, 0.717) is 29.7 Å². The van der Waals surface area contributed by atoms with Crippen LogP contribution in [-0.2, 0) is 22.5 Å². The third-order valence-corrected chi connectivity index (χ3v) is 6.84. The van der Waals surface area contributed by atoms with Gasteiger partial charge in [0.1, 0.15) is 11.6 Å². The highest BCUT2D eigenvalue weighted by molar-refractivity contribution is 6.31. The van der Waals surface area contributed by atoms with Crippen molar-refractivity contribution in [1.82, 2.24) is 9.88 Å². The topological polar surface area (TPSA) is 105 Å². The number of aliphatic carboxylic acids is 1. The summed E-state index contributed by atoms with van der Waals surface area (Å²) in [6.45, 7) is 1.09. The number of amides is 1. The molecule has 1 fully saturated rings. The van der Waals surface area contributed by atoms with E-state index in [0.717, 1.165) is 48.9 Å². The number of anilines is 2. The number of carboxylic acid groups (broad SMARTS) is 1. The van der Waals surface area contributed by atoms with Crippen LogP contribution < -0.4 is 5.32 Å². The molecular weight excluding hydrogens is 458 g/mol.